The van der Waals surface area contributed by atoms with Gasteiger partial charge in [-0.05, 0) is 49.4 Å². The number of hydrogen-bond acceptors (Lipinski definition) is 7. The Morgan fingerprint density at radius 2 is 1.84 bits per heavy atom. The molecule has 4 aromatic rings. The predicted octanol–water partition coefficient (Wildman–Crippen LogP) is 4.72. The van der Waals surface area contributed by atoms with Crippen molar-refractivity contribution in [3.63, 3.8) is 0 Å². The van der Waals surface area contributed by atoms with Gasteiger partial charge in [0.15, 0.2) is 11.6 Å². The molecule has 156 valence electrons. The molecule has 0 spiro atoms. The van der Waals surface area contributed by atoms with Gasteiger partial charge in [0.1, 0.15) is 12.0 Å². The molecule has 0 unspecified atom stereocenters. The maximum Gasteiger partial charge on any atom is 0.271 e. The van der Waals surface area contributed by atoms with Crippen molar-refractivity contribution in [2.24, 2.45) is 0 Å². The van der Waals surface area contributed by atoms with Gasteiger partial charge in [-0.25, -0.2) is 9.97 Å². The summed E-state index contributed by atoms with van der Waals surface area (Å²) in [5.41, 5.74) is 14.5. The monoisotopic (exact) mass is 453 g/mol. The van der Waals surface area contributed by atoms with Gasteiger partial charge in [-0.3, -0.25) is 20.6 Å². The van der Waals surface area contributed by atoms with Crippen molar-refractivity contribution in [2.45, 2.75) is 6.92 Å². The smallest absolute Gasteiger partial charge is 0.271 e. The van der Waals surface area contributed by atoms with Crippen molar-refractivity contribution in [1.82, 2.24) is 20.4 Å². The summed E-state index contributed by atoms with van der Waals surface area (Å²) in [7, 11) is 0. The molecule has 8 nitrogen and oxygen atoms in total. The van der Waals surface area contributed by atoms with E-state index < -0.39 is 5.91 Å². The van der Waals surface area contributed by atoms with E-state index in [9.17, 15) is 4.79 Å². The highest BCUT2D eigenvalue weighted by atomic mass is 35.5. The minimum Gasteiger partial charge on any atom is -0.393 e. The van der Waals surface area contributed by atoms with Gasteiger partial charge in [-0.15, -0.1) is 0 Å². The molecule has 4 rings (SSSR count). The number of amides is 1. The number of nitrogens with zero attached hydrogens (tertiary/aromatic N) is 3. The molecular weight excluding hydrogens is 437 g/mol. The summed E-state index contributed by atoms with van der Waals surface area (Å²) in [6.07, 6.45) is 1.33. The number of carbonyl (C=O) groups excluding carboxylic acids is 1. The van der Waals surface area contributed by atoms with Crippen molar-refractivity contribution in [3.8, 4) is 0 Å². The number of pyridine rings is 1. The maximum atomic E-state index is 12.4. The maximum absolute atomic E-state index is 12.4. The summed E-state index contributed by atoms with van der Waals surface area (Å²) >= 11 is 11.9. The number of hydrogen-bond donors (Lipinski definition) is 4. The standard InChI is InChI=1S/C21H17Cl2N7O/c1-11-5-7-14-16(27-11)3-2-4-17(14)28-19-18(24)20(26-10-25-19)29-30-21(31)13-8-6-12(22)9-15(13)23/h2-10H,24H2,1H3,(H,30,31)(H2,25,26,28,29). The molecule has 0 saturated carbocycles. The van der Waals surface area contributed by atoms with Crippen molar-refractivity contribution in [3.05, 3.63) is 76.2 Å². The first kappa shape index (κ1) is 20.6. The molecule has 0 bridgehead atoms. The van der Waals surface area contributed by atoms with Crippen molar-refractivity contribution in [2.75, 3.05) is 16.5 Å². The van der Waals surface area contributed by atoms with Crippen LogP contribution >= 0.6 is 23.2 Å². The fourth-order valence-corrected chi connectivity index (χ4v) is 3.44. The van der Waals surface area contributed by atoms with Gasteiger partial charge in [0.25, 0.3) is 5.91 Å². The van der Waals surface area contributed by atoms with Crippen LogP contribution in [0.2, 0.25) is 10.0 Å². The van der Waals surface area contributed by atoms with Crippen LogP contribution in [0.4, 0.5) is 23.0 Å². The minimum atomic E-state index is -0.468. The first-order valence-electron chi connectivity index (χ1n) is 9.17. The third-order valence-corrected chi connectivity index (χ3v) is 5.03. The van der Waals surface area contributed by atoms with Crippen LogP contribution in [-0.2, 0) is 0 Å². The molecule has 2 aromatic carbocycles. The quantitative estimate of drug-likeness (QED) is 0.322. The number of hydrazine groups is 1. The zero-order chi connectivity index (χ0) is 22.0. The van der Waals surface area contributed by atoms with E-state index in [4.69, 9.17) is 28.9 Å². The van der Waals surface area contributed by atoms with Crippen LogP contribution in [-0.4, -0.2) is 20.9 Å². The third-order valence-electron chi connectivity index (χ3n) is 4.48. The van der Waals surface area contributed by atoms with E-state index in [1.807, 2.05) is 37.3 Å². The van der Waals surface area contributed by atoms with E-state index >= 15 is 0 Å². The SMILES string of the molecule is Cc1ccc2c(Nc3ncnc(NNC(=O)c4ccc(Cl)cc4Cl)c3N)cccc2n1. The molecule has 31 heavy (non-hydrogen) atoms. The fraction of sp³-hybridized carbons (Fsp3) is 0.0476. The number of aromatic nitrogens is 3. The van der Waals surface area contributed by atoms with Gasteiger partial charge in [-0.1, -0.05) is 29.3 Å². The lowest BCUT2D eigenvalue weighted by atomic mass is 10.1. The molecule has 1 amide bonds. The molecule has 2 aromatic heterocycles. The summed E-state index contributed by atoms with van der Waals surface area (Å²) < 4.78 is 0. The Morgan fingerprint density at radius 3 is 2.65 bits per heavy atom. The highest BCUT2D eigenvalue weighted by Gasteiger charge is 2.14. The summed E-state index contributed by atoms with van der Waals surface area (Å²) in [4.78, 5) is 25.2. The number of benzene rings is 2. The number of nitrogen functional groups attached to an aromatic ring is 1. The van der Waals surface area contributed by atoms with Crippen molar-refractivity contribution in [1.29, 1.82) is 0 Å². The number of nitrogens with one attached hydrogen (secondary N) is 3. The Hall–Kier alpha value is -3.62. The van der Waals surface area contributed by atoms with Crippen LogP contribution in [0.25, 0.3) is 10.9 Å². The first-order chi connectivity index (χ1) is 14.9. The lowest BCUT2D eigenvalue weighted by Crippen LogP contribution is -2.30. The van der Waals surface area contributed by atoms with Crippen LogP contribution in [0.3, 0.4) is 0 Å². The van der Waals surface area contributed by atoms with Crippen LogP contribution in [0, 0.1) is 6.92 Å². The second kappa shape index (κ2) is 8.63. The topological polar surface area (TPSA) is 118 Å². The second-order valence-electron chi connectivity index (χ2n) is 6.64. The van der Waals surface area contributed by atoms with E-state index in [0.717, 1.165) is 22.3 Å². The molecule has 0 aliphatic heterocycles. The Kier molecular flexibility index (Phi) is 5.75. The zero-order valence-corrected chi connectivity index (χ0v) is 17.8. The highest BCUT2D eigenvalue weighted by molar-refractivity contribution is 6.36. The minimum absolute atomic E-state index is 0.224. The van der Waals surface area contributed by atoms with E-state index in [0.29, 0.717) is 10.8 Å². The Balaban J connectivity index is 1.54. The summed E-state index contributed by atoms with van der Waals surface area (Å²) in [5.74, 6) is 0.138. The number of nitrogens with two attached hydrogens (primary N) is 1. The molecule has 0 atom stereocenters. The average molecular weight is 454 g/mol. The highest BCUT2D eigenvalue weighted by Crippen LogP contribution is 2.29. The molecule has 0 saturated heterocycles. The molecule has 0 fully saturated rings. The second-order valence-corrected chi connectivity index (χ2v) is 7.48. The lowest BCUT2D eigenvalue weighted by Gasteiger charge is -2.14. The molecule has 10 heteroatoms. The van der Waals surface area contributed by atoms with Crippen LogP contribution in [0.15, 0.2) is 54.9 Å². The van der Waals surface area contributed by atoms with E-state index in [1.165, 1.54) is 18.5 Å². The van der Waals surface area contributed by atoms with E-state index in [2.05, 4.69) is 31.1 Å². The van der Waals surface area contributed by atoms with Gasteiger partial charge >= 0.3 is 0 Å². The summed E-state index contributed by atoms with van der Waals surface area (Å²) in [6, 6.07) is 14.2. The van der Waals surface area contributed by atoms with Crippen LogP contribution in [0.1, 0.15) is 16.1 Å². The number of fused-ring (bicyclic) bond motifs is 1. The van der Waals surface area contributed by atoms with Gasteiger partial charge in [0.2, 0.25) is 0 Å². The molecule has 0 radical (unpaired) electrons. The zero-order valence-electron chi connectivity index (χ0n) is 16.3. The van der Waals surface area contributed by atoms with Gasteiger partial charge < -0.3 is 11.1 Å². The van der Waals surface area contributed by atoms with Crippen molar-refractivity contribution < 1.29 is 4.79 Å². The normalized spacial score (nSPS) is 10.7. The molecule has 0 aliphatic rings. The lowest BCUT2D eigenvalue weighted by molar-refractivity contribution is 0.0962. The number of rotatable bonds is 5. The average Bonchev–Trinajstić information content (AvgIpc) is 2.74. The number of aryl methyl sites for hydroxylation is 1. The summed E-state index contributed by atoms with van der Waals surface area (Å²) in [5, 5.41) is 4.79. The Morgan fingerprint density at radius 1 is 1.03 bits per heavy atom. The molecular formula is C21H17Cl2N7O. The van der Waals surface area contributed by atoms with E-state index in [-0.39, 0.29) is 22.1 Å². The Bertz CT molecular complexity index is 1300. The summed E-state index contributed by atoms with van der Waals surface area (Å²) in [6.45, 7) is 1.94. The predicted molar refractivity (Wildman–Crippen MR) is 124 cm³/mol. The number of carbonyl (C=O) groups is 1. The van der Waals surface area contributed by atoms with Gasteiger partial charge in [-0.2, -0.15) is 0 Å². The first-order valence-corrected chi connectivity index (χ1v) is 9.93. The van der Waals surface area contributed by atoms with Gasteiger partial charge in [0.05, 0.1) is 16.1 Å². The largest absolute Gasteiger partial charge is 0.393 e. The fourth-order valence-electron chi connectivity index (χ4n) is 2.95. The molecule has 0 aliphatic carbocycles. The van der Waals surface area contributed by atoms with Crippen LogP contribution < -0.4 is 21.9 Å². The third kappa shape index (κ3) is 4.45. The van der Waals surface area contributed by atoms with E-state index in [1.54, 1.807) is 6.07 Å². The van der Waals surface area contributed by atoms with Crippen molar-refractivity contribution >= 4 is 63.0 Å². The Labute approximate surface area is 187 Å². The molecule has 2 heterocycles. The molecule has 5 N–H and O–H groups in total. The number of halogens is 2. The number of anilines is 4. The van der Waals surface area contributed by atoms with Gasteiger partial charge in [0, 0.05) is 21.8 Å². The van der Waals surface area contributed by atoms with Crippen LogP contribution in [0.5, 0.6) is 0 Å².